The highest BCUT2D eigenvalue weighted by Crippen LogP contribution is 2.18. The van der Waals surface area contributed by atoms with Gasteiger partial charge < -0.3 is 5.32 Å². The summed E-state index contributed by atoms with van der Waals surface area (Å²) in [5, 5.41) is 12.6. The number of carbonyl (C=O) groups is 1. The van der Waals surface area contributed by atoms with Crippen molar-refractivity contribution in [3.8, 4) is 0 Å². The normalized spacial score (nSPS) is 16.6. The lowest BCUT2D eigenvalue weighted by atomic mass is 10.0. The Bertz CT molecular complexity index is 787. The van der Waals surface area contributed by atoms with E-state index in [0.717, 1.165) is 37.5 Å². The number of rotatable bonds is 6. The molecule has 3 N–H and O–H groups in total. The first-order valence-electron chi connectivity index (χ1n) is 8.80. The van der Waals surface area contributed by atoms with Crippen LogP contribution in [0.1, 0.15) is 24.1 Å². The van der Waals surface area contributed by atoms with Crippen LogP contribution in [-0.4, -0.2) is 45.1 Å². The number of piperidine rings is 1. The SMILES string of the molecule is Cl.Cl.O=C(C=Cc1cnc(N[C@@H]2CCCN(Cc3ccc(Cl)cc3)C2)cn1)NO. The molecule has 1 aliphatic heterocycles. The van der Waals surface area contributed by atoms with Gasteiger partial charge in [-0.15, -0.1) is 24.8 Å². The van der Waals surface area contributed by atoms with Gasteiger partial charge in [-0.25, -0.2) is 10.5 Å². The molecule has 1 aromatic carbocycles. The molecule has 1 fully saturated rings. The number of halogens is 3. The molecular weight excluding hydrogens is 437 g/mol. The van der Waals surface area contributed by atoms with Crippen LogP contribution in [0.2, 0.25) is 5.02 Å². The monoisotopic (exact) mass is 459 g/mol. The molecule has 0 saturated carbocycles. The minimum absolute atomic E-state index is 0. The third-order valence-corrected chi connectivity index (χ3v) is 4.62. The van der Waals surface area contributed by atoms with Gasteiger partial charge in [0.1, 0.15) is 5.82 Å². The second-order valence-electron chi connectivity index (χ2n) is 6.48. The van der Waals surface area contributed by atoms with Gasteiger partial charge in [0.05, 0.1) is 18.1 Å². The maximum Gasteiger partial charge on any atom is 0.267 e. The first-order valence-corrected chi connectivity index (χ1v) is 9.18. The minimum atomic E-state index is -0.609. The van der Waals surface area contributed by atoms with Gasteiger partial charge in [0, 0.05) is 30.2 Å². The molecule has 29 heavy (non-hydrogen) atoms. The van der Waals surface area contributed by atoms with Crippen LogP contribution in [0.15, 0.2) is 42.7 Å². The largest absolute Gasteiger partial charge is 0.365 e. The zero-order chi connectivity index (χ0) is 19.1. The van der Waals surface area contributed by atoms with Gasteiger partial charge in [0.25, 0.3) is 5.91 Å². The number of anilines is 1. The van der Waals surface area contributed by atoms with E-state index in [0.29, 0.717) is 17.6 Å². The third kappa shape index (κ3) is 8.16. The number of hydrogen-bond acceptors (Lipinski definition) is 6. The molecule has 0 unspecified atom stereocenters. The van der Waals surface area contributed by atoms with Crippen molar-refractivity contribution in [3.63, 3.8) is 0 Å². The van der Waals surface area contributed by atoms with Crippen LogP contribution >= 0.6 is 36.4 Å². The Morgan fingerprint density at radius 2 is 2.00 bits per heavy atom. The molecule has 2 heterocycles. The van der Waals surface area contributed by atoms with Crippen LogP contribution < -0.4 is 10.8 Å². The summed E-state index contributed by atoms with van der Waals surface area (Å²) in [5.41, 5.74) is 3.32. The second-order valence-corrected chi connectivity index (χ2v) is 6.92. The lowest BCUT2D eigenvalue weighted by Crippen LogP contribution is -2.41. The highest BCUT2D eigenvalue weighted by Gasteiger charge is 2.20. The summed E-state index contributed by atoms with van der Waals surface area (Å²) in [6, 6.07) is 8.28. The summed E-state index contributed by atoms with van der Waals surface area (Å²) in [4.78, 5) is 22.0. The van der Waals surface area contributed by atoms with Crippen LogP contribution in [0.25, 0.3) is 6.08 Å². The van der Waals surface area contributed by atoms with Crippen molar-refractivity contribution in [2.24, 2.45) is 0 Å². The zero-order valence-electron chi connectivity index (χ0n) is 15.6. The first-order chi connectivity index (χ1) is 13.1. The zero-order valence-corrected chi connectivity index (χ0v) is 18.0. The lowest BCUT2D eigenvalue weighted by Gasteiger charge is -2.33. The fraction of sp³-hybridized carbons (Fsp3) is 0.316. The van der Waals surface area contributed by atoms with Gasteiger partial charge in [-0.2, -0.15) is 0 Å². The van der Waals surface area contributed by atoms with Crippen molar-refractivity contribution >= 4 is 54.2 Å². The Hall–Kier alpha value is -1.90. The van der Waals surface area contributed by atoms with Crippen molar-refractivity contribution in [1.82, 2.24) is 20.3 Å². The van der Waals surface area contributed by atoms with Crippen LogP contribution in [0.3, 0.4) is 0 Å². The fourth-order valence-electron chi connectivity index (χ4n) is 3.07. The summed E-state index contributed by atoms with van der Waals surface area (Å²) in [6.45, 7) is 2.91. The number of aromatic nitrogens is 2. The third-order valence-electron chi connectivity index (χ3n) is 4.36. The van der Waals surface area contributed by atoms with E-state index in [1.807, 2.05) is 12.1 Å². The van der Waals surface area contributed by atoms with E-state index in [2.05, 4.69) is 32.3 Å². The van der Waals surface area contributed by atoms with Crippen LogP contribution in [0.5, 0.6) is 0 Å². The second kappa shape index (κ2) is 12.6. The molecule has 0 aliphatic carbocycles. The minimum Gasteiger partial charge on any atom is -0.365 e. The van der Waals surface area contributed by atoms with Crippen LogP contribution in [0, 0.1) is 0 Å². The number of hydroxylamine groups is 1. The van der Waals surface area contributed by atoms with Gasteiger partial charge in [-0.05, 0) is 43.2 Å². The lowest BCUT2D eigenvalue weighted by molar-refractivity contribution is -0.124. The van der Waals surface area contributed by atoms with E-state index in [1.54, 1.807) is 12.4 Å². The average Bonchev–Trinajstić information content (AvgIpc) is 2.69. The van der Waals surface area contributed by atoms with Crippen LogP contribution in [0.4, 0.5) is 5.82 Å². The van der Waals surface area contributed by atoms with Crippen molar-refractivity contribution in [2.45, 2.75) is 25.4 Å². The van der Waals surface area contributed by atoms with E-state index in [-0.39, 0.29) is 24.8 Å². The molecule has 10 heteroatoms. The predicted molar refractivity (Wildman–Crippen MR) is 119 cm³/mol. The number of carbonyl (C=O) groups excluding carboxylic acids is 1. The summed E-state index contributed by atoms with van der Waals surface area (Å²) in [7, 11) is 0. The molecule has 1 saturated heterocycles. The Balaban J connectivity index is 0.00000210. The number of nitrogens with one attached hydrogen (secondary N) is 2. The van der Waals surface area contributed by atoms with Crippen molar-refractivity contribution in [3.05, 3.63) is 59.0 Å². The van der Waals surface area contributed by atoms with Gasteiger partial charge in [0.2, 0.25) is 0 Å². The molecule has 7 nitrogen and oxygen atoms in total. The molecule has 1 amide bonds. The average molecular weight is 461 g/mol. The highest BCUT2D eigenvalue weighted by molar-refractivity contribution is 6.30. The van der Waals surface area contributed by atoms with Gasteiger partial charge in [0.15, 0.2) is 0 Å². The molecule has 0 radical (unpaired) electrons. The standard InChI is InChI=1S/C19H22ClN5O2.2ClH/c20-15-5-3-14(4-6-15)12-25-9-1-2-17(13-25)23-18-11-21-16(10-22-18)7-8-19(26)24-27;;/h3-8,10-11,17,27H,1-2,9,12-13H2,(H,22,23)(H,24,26);2*1H/t17-;;/m1../s1. The van der Waals surface area contributed by atoms with Crippen LogP contribution in [-0.2, 0) is 11.3 Å². The number of hydrogen-bond donors (Lipinski definition) is 3. The van der Waals surface area contributed by atoms with Crippen molar-refractivity contribution in [2.75, 3.05) is 18.4 Å². The van der Waals surface area contributed by atoms with Gasteiger partial charge in [-0.1, -0.05) is 23.7 Å². The maximum absolute atomic E-state index is 11.0. The summed E-state index contributed by atoms with van der Waals surface area (Å²) < 4.78 is 0. The molecule has 1 aliphatic rings. The quantitative estimate of drug-likeness (QED) is 0.347. The summed E-state index contributed by atoms with van der Waals surface area (Å²) in [6.07, 6.45) is 8.10. The molecule has 3 rings (SSSR count). The smallest absolute Gasteiger partial charge is 0.267 e. The predicted octanol–water partition coefficient (Wildman–Crippen LogP) is 3.57. The van der Waals surface area contributed by atoms with E-state index < -0.39 is 5.91 Å². The molecule has 0 spiro atoms. The van der Waals surface area contributed by atoms with Gasteiger partial charge >= 0.3 is 0 Å². The molecule has 158 valence electrons. The summed E-state index contributed by atoms with van der Waals surface area (Å²) in [5.74, 6) is 0.0964. The molecule has 1 atom stereocenters. The number of nitrogens with zero attached hydrogens (tertiary/aromatic N) is 3. The number of likely N-dealkylation sites (tertiary alicyclic amines) is 1. The summed E-state index contributed by atoms with van der Waals surface area (Å²) >= 11 is 5.95. The van der Waals surface area contributed by atoms with E-state index >= 15 is 0 Å². The Labute approximate surface area is 187 Å². The first kappa shape index (κ1) is 25.1. The van der Waals surface area contributed by atoms with E-state index in [9.17, 15) is 4.79 Å². The molecular formula is C19H24Cl3N5O2. The topological polar surface area (TPSA) is 90.4 Å². The Morgan fingerprint density at radius 3 is 2.66 bits per heavy atom. The van der Waals surface area contributed by atoms with Crippen molar-refractivity contribution in [1.29, 1.82) is 0 Å². The fourth-order valence-corrected chi connectivity index (χ4v) is 3.20. The molecule has 2 aromatic rings. The van der Waals surface area contributed by atoms with Crippen molar-refractivity contribution < 1.29 is 10.0 Å². The molecule has 0 bridgehead atoms. The Morgan fingerprint density at radius 1 is 1.24 bits per heavy atom. The Kier molecular flexibility index (Phi) is 10.9. The molecule has 1 aromatic heterocycles. The van der Waals surface area contributed by atoms with Gasteiger partial charge in [-0.3, -0.25) is 19.9 Å². The maximum atomic E-state index is 11.0. The van der Waals surface area contributed by atoms with E-state index in [4.69, 9.17) is 16.8 Å². The number of amides is 1. The van der Waals surface area contributed by atoms with E-state index in [1.165, 1.54) is 23.2 Å². The number of benzene rings is 1. The highest BCUT2D eigenvalue weighted by atomic mass is 35.5.